The molecule has 8 nitrogen and oxygen atoms in total. The Bertz CT molecular complexity index is 1650. The van der Waals surface area contributed by atoms with Gasteiger partial charge in [-0.3, -0.25) is 19.1 Å². The maximum Gasteiger partial charge on any atom is 0.270 e. The highest BCUT2D eigenvalue weighted by atomic mass is 32.2. The van der Waals surface area contributed by atoms with Crippen molar-refractivity contribution in [2.45, 2.75) is 26.9 Å². The van der Waals surface area contributed by atoms with Gasteiger partial charge in [-0.25, -0.2) is 4.39 Å². The number of carbonyl (C=O) groups excluding carboxylic acids is 1. The molecule has 2 saturated heterocycles. The monoisotopic (exact) mass is 603 g/mol. The lowest BCUT2D eigenvalue weighted by Gasteiger charge is -2.39. The predicted molar refractivity (Wildman–Crippen MR) is 168 cm³/mol. The van der Waals surface area contributed by atoms with Gasteiger partial charge in [-0.15, -0.1) is 0 Å². The molecular formula is C31H30FN5O3S2. The van der Waals surface area contributed by atoms with Crippen LogP contribution in [0.15, 0.2) is 58.2 Å². The summed E-state index contributed by atoms with van der Waals surface area (Å²) >= 11 is 6.80. The van der Waals surface area contributed by atoms with Crippen molar-refractivity contribution in [3.8, 4) is 11.8 Å². The molecule has 0 spiro atoms. The molecular weight excluding hydrogens is 574 g/mol. The van der Waals surface area contributed by atoms with Crippen LogP contribution < -0.4 is 20.1 Å². The fraction of sp³-hybridized carbons (Fsp3) is 0.290. The first kappa shape index (κ1) is 29.4. The van der Waals surface area contributed by atoms with Gasteiger partial charge in [0.2, 0.25) is 0 Å². The van der Waals surface area contributed by atoms with Crippen molar-refractivity contribution in [1.29, 1.82) is 5.26 Å². The van der Waals surface area contributed by atoms with E-state index in [1.54, 1.807) is 41.7 Å². The summed E-state index contributed by atoms with van der Waals surface area (Å²) in [4.78, 5) is 33.3. The fourth-order valence-electron chi connectivity index (χ4n) is 5.29. The highest BCUT2D eigenvalue weighted by molar-refractivity contribution is 8.26. The van der Waals surface area contributed by atoms with E-state index in [2.05, 4.69) is 15.9 Å². The Labute approximate surface area is 253 Å². The molecule has 0 N–H and O–H groups in total. The van der Waals surface area contributed by atoms with E-state index in [1.165, 1.54) is 23.9 Å². The number of hydrogen-bond donors (Lipinski definition) is 0. The smallest absolute Gasteiger partial charge is 0.270 e. The number of thioether (sulfide) groups is 1. The summed E-state index contributed by atoms with van der Waals surface area (Å²) in [5, 5.41) is 9.88. The second kappa shape index (κ2) is 12.4. The number of aromatic nitrogens is 1. The normalized spacial score (nSPS) is 16.4. The maximum atomic E-state index is 13.6. The second-order valence-corrected chi connectivity index (χ2v) is 11.6. The van der Waals surface area contributed by atoms with Gasteiger partial charge in [0.05, 0.1) is 18.6 Å². The average Bonchev–Trinajstić information content (AvgIpc) is 3.26. The molecule has 2 aromatic carbocycles. The molecule has 0 unspecified atom stereocenters. The molecule has 11 heteroatoms. The van der Waals surface area contributed by atoms with Crippen LogP contribution in [0.25, 0.3) is 6.08 Å². The summed E-state index contributed by atoms with van der Waals surface area (Å²) in [5.74, 6) is 0.902. The molecule has 42 heavy (non-hydrogen) atoms. The van der Waals surface area contributed by atoms with Crippen LogP contribution in [-0.2, 0) is 17.9 Å². The van der Waals surface area contributed by atoms with Gasteiger partial charge >= 0.3 is 0 Å². The van der Waals surface area contributed by atoms with Gasteiger partial charge in [0, 0.05) is 44.0 Å². The van der Waals surface area contributed by atoms with Gasteiger partial charge in [-0.05, 0) is 67.4 Å². The molecule has 5 rings (SSSR count). The van der Waals surface area contributed by atoms with Crippen molar-refractivity contribution in [3.63, 3.8) is 0 Å². The molecule has 2 aliphatic heterocycles. The van der Waals surface area contributed by atoms with Crippen LogP contribution >= 0.6 is 24.0 Å². The summed E-state index contributed by atoms with van der Waals surface area (Å²) in [6, 6.07) is 16.0. The van der Waals surface area contributed by atoms with Gasteiger partial charge < -0.3 is 14.5 Å². The lowest BCUT2D eigenvalue weighted by atomic mass is 10.0. The molecule has 0 bridgehead atoms. The van der Waals surface area contributed by atoms with Crippen molar-refractivity contribution in [1.82, 2.24) is 9.47 Å². The van der Waals surface area contributed by atoms with Crippen LogP contribution in [0.5, 0.6) is 5.75 Å². The number of methoxy groups -OCH3 is 1. The molecule has 0 saturated carbocycles. The molecule has 3 heterocycles. The number of rotatable bonds is 7. The molecule has 0 aliphatic carbocycles. The number of benzene rings is 2. The number of carbonyl (C=O) groups is 1. The van der Waals surface area contributed by atoms with E-state index in [1.807, 2.05) is 31.2 Å². The van der Waals surface area contributed by atoms with Gasteiger partial charge in [0.25, 0.3) is 11.5 Å². The molecule has 3 aromatic rings. The van der Waals surface area contributed by atoms with Crippen LogP contribution in [0.1, 0.15) is 29.2 Å². The van der Waals surface area contributed by atoms with Crippen molar-refractivity contribution in [2.75, 3.05) is 43.1 Å². The second-order valence-electron chi connectivity index (χ2n) is 9.96. The summed E-state index contributed by atoms with van der Waals surface area (Å²) in [6.07, 6.45) is 1.77. The highest BCUT2D eigenvalue weighted by Crippen LogP contribution is 2.37. The minimum Gasteiger partial charge on any atom is -0.497 e. The number of hydrogen-bond acceptors (Lipinski definition) is 8. The number of nitriles is 1. The molecule has 2 fully saturated rings. The van der Waals surface area contributed by atoms with E-state index in [4.69, 9.17) is 17.0 Å². The molecule has 2 aliphatic rings. The minimum absolute atomic E-state index is 0.0607. The third-order valence-electron chi connectivity index (χ3n) is 7.58. The number of halogens is 1. The van der Waals surface area contributed by atoms with E-state index < -0.39 is 0 Å². The van der Waals surface area contributed by atoms with Gasteiger partial charge in [-0.2, -0.15) is 5.26 Å². The molecule has 0 radical (unpaired) electrons. The molecule has 1 amide bonds. The number of amides is 1. The largest absolute Gasteiger partial charge is 0.497 e. The number of piperazine rings is 1. The van der Waals surface area contributed by atoms with Crippen LogP contribution in [0.2, 0.25) is 0 Å². The Kier molecular flexibility index (Phi) is 8.66. The number of pyridine rings is 1. The number of ether oxygens (including phenoxy) is 1. The first-order valence-electron chi connectivity index (χ1n) is 13.6. The fourth-order valence-corrected chi connectivity index (χ4v) is 6.52. The standard InChI is InChI=1S/C31H30FN5O3S2/c1-4-36-28(35-15-13-34(14-16-35)23-9-7-22(32)8-10-23)25(20(2)26(18-33)29(36)38)17-27-30(39)37(31(41)42-27)19-21-5-11-24(40-3)12-6-21/h5-12,17H,4,13-16,19H2,1-3H3/b27-17+. The average molecular weight is 604 g/mol. The van der Waals surface area contributed by atoms with Crippen molar-refractivity contribution in [3.05, 3.63) is 91.9 Å². The van der Waals surface area contributed by atoms with E-state index in [9.17, 15) is 19.2 Å². The zero-order valence-corrected chi connectivity index (χ0v) is 25.2. The topological polar surface area (TPSA) is 81.8 Å². The Morgan fingerprint density at radius 2 is 1.69 bits per heavy atom. The van der Waals surface area contributed by atoms with Crippen molar-refractivity contribution < 1.29 is 13.9 Å². The Morgan fingerprint density at radius 1 is 1.05 bits per heavy atom. The first-order valence-corrected chi connectivity index (χ1v) is 14.8. The van der Waals surface area contributed by atoms with Crippen LogP contribution in [-0.4, -0.2) is 53.0 Å². The third kappa shape index (κ3) is 5.65. The molecule has 216 valence electrons. The number of anilines is 2. The summed E-state index contributed by atoms with van der Waals surface area (Å²) in [7, 11) is 1.60. The predicted octanol–water partition coefficient (Wildman–Crippen LogP) is 4.92. The van der Waals surface area contributed by atoms with E-state index in [-0.39, 0.29) is 22.8 Å². The SMILES string of the molecule is CCn1c(N2CCN(c3ccc(F)cc3)CC2)c(/C=C2/SC(=S)N(Cc3ccc(OC)cc3)C2=O)c(C)c(C#N)c1=O. The zero-order chi connectivity index (χ0) is 30.0. The quantitative estimate of drug-likeness (QED) is 0.278. The third-order valence-corrected chi connectivity index (χ3v) is 8.96. The van der Waals surface area contributed by atoms with Gasteiger partial charge in [-0.1, -0.05) is 36.1 Å². The number of thiocarbonyl (C=S) groups is 1. The Hall–Kier alpha value is -4.14. The van der Waals surface area contributed by atoms with Crippen molar-refractivity contribution >= 4 is 51.8 Å². The highest BCUT2D eigenvalue weighted by Gasteiger charge is 2.34. The van der Waals surface area contributed by atoms with Crippen LogP contribution in [0.3, 0.4) is 0 Å². The van der Waals surface area contributed by atoms with Crippen molar-refractivity contribution in [2.24, 2.45) is 0 Å². The van der Waals surface area contributed by atoms with E-state index in [0.29, 0.717) is 65.4 Å². The Balaban J connectivity index is 1.49. The lowest BCUT2D eigenvalue weighted by molar-refractivity contribution is -0.122. The van der Waals surface area contributed by atoms with E-state index >= 15 is 0 Å². The molecule has 0 atom stereocenters. The van der Waals surface area contributed by atoms with Crippen LogP contribution in [0.4, 0.5) is 15.9 Å². The van der Waals surface area contributed by atoms with Crippen LogP contribution in [0, 0.1) is 24.1 Å². The zero-order valence-electron chi connectivity index (χ0n) is 23.6. The maximum absolute atomic E-state index is 13.6. The summed E-state index contributed by atoms with van der Waals surface area (Å²) in [6.45, 7) is 6.82. The number of nitrogens with zero attached hydrogens (tertiary/aromatic N) is 5. The van der Waals surface area contributed by atoms with E-state index in [0.717, 1.165) is 17.0 Å². The van der Waals surface area contributed by atoms with Gasteiger partial charge in [0.15, 0.2) is 0 Å². The lowest BCUT2D eigenvalue weighted by Crippen LogP contribution is -2.48. The minimum atomic E-state index is -0.349. The summed E-state index contributed by atoms with van der Waals surface area (Å²) < 4.78 is 20.7. The molecule has 1 aromatic heterocycles. The van der Waals surface area contributed by atoms with Gasteiger partial charge in [0.1, 0.15) is 33.3 Å². The first-order chi connectivity index (χ1) is 20.2. The summed E-state index contributed by atoms with van der Waals surface area (Å²) in [5.41, 5.74) is 2.75. The Morgan fingerprint density at radius 3 is 2.29 bits per heavy atom.